The van der Waals surface area contributed by atoms with E-state index < -0.39 is 0 Å². The third kappa shape index (κ3) is 13.2. The Hall–Kier alpha value is -1.83. The van der Waals surface area contributed by atoms with Gasteiger partial charge in [-0.15, -0.1) is 11.6 Å². The molecule has 0 amide bonds. The number of phenolic OH excluding ortho intramolecular Hbond substituents is 1. The van der Waals surface area contributed by atoms with Gasteiger partial charge in [-0.05, 0) is 87.3 Å². The first-order chi connectivity index (χ1) is 17.1. The molecule has 2 fully saturated rings. The lowest BCUT2D eigenvalue weighted by Gasteiger charge is -2.26. The lowest BCUT2D eigenvalue weighted by Crippen LogP contribution is -2.33. The van der Waals surface area contributed by atoms with Gasteiger partial charge in [0.15, 0.2) is 0 Å². The maximum Gasteiger partial charge on any atom is 0.119 e. The number of hydrogen-bond donors (Lipinski definition) is 3. The summed E-state index contributed by atoms with van der Waals surface area (Å²) in [4.78, 5) is 4.90. The van der Waals surface area contributed by atoms with Crippen LogP contribution in [-0.4, -0.2) is 76.9 Å². The lowest BCUT2D eigenvalue weighted by atomic mass is 10.1. The minimum atomic E-state index is 0.0281. The summed E-state index contributed by atoms with van der Waals surface area (Å²) >= 11 is 5.59. The fourth-order valence-electron chi connectivity index (χ4n) is 4.07. The summed E-state index contributed by atoms with van der Waals surface area (Å²) in [5, 5.41) is 26.2. The molecule has 4 rings (SSSR count). The highest BCUT2D eigenvalue weighted by molar-refractivity contribution is 6.18. The van der Waals surface area contributed by atoms with E-state index in [1.54, 1.807) is 24.3 Å². The number of halogens is 1. The molecule has 0 radical (unpaired) electrons. The van der Waals surface area contributed by atoms with Crippen LogP contribution in [0, 0.1) is 0 Å². The van der Waals surface area contributed by atoms with Crippen molar-refractivity contribution in [2.75, 3.05) is 51.8 Å². The van der Waals surface area contributed by atoms with E-state index in [1.165, 1.54) is 64.7 Å². The maximum absolute atomic E-state index is 8.93. The SMILES string of the molecule is ClCCN1CCCCC1.OCc1ccc(O)cc1.OCc1ccc(OCCN2CCCCC2)cc1. The Morgan fingerprint density at radius 1 is 0.657 bits per heavy atom. The van der Waals surface area contributed by atoms with Crippen LogP contribution in [0.3, 0.4) is 0 Å². The van der Waals surface area contributed by atoms with Gasteiger partial charge in [-0.3, -0.25) is 4.90 Å². The first-order valence-electron chi connectivity index (χ1n) is 12.9. The Balaban J connectivity index is 0.000000203. The van der Waals surface area contributed by atoms with Crippen molar-refractivity contribution in [2.45, 2.75) is 51.7 Å². The molecular weight excluding hydrogens is 464 g/mol. The molecule has 0 atom stereocenters. The second kappa shape index (κ2) is 18.4. The Bertz CT molecular complexity index is 759. The molecule has 0 saturated carbocycles. The summed E-state index contributed by atoms with van der Waals surface area (Å²) in [6, 6.07) is 14.1. The normalized spacial score (nSPS) is 16.4. The number of benzene rings is 2. The first kappa shape index (κ1) is 29.4. The van der Waals surface area contributed by atoms with E-state index in [0.717, 1.165) is 42.5 Å². The van der Waals surface area contributed by atoms with Crippen LogP contribution in [0.25, 0.3) is 0 Å². The topological polar surface area (TPSA) is 76.4 Å². The average Bonchev–Trinajstić information content (AvgIpc) is 2.92. The van der Waals surface area contributed by atoms with Crippen LogP contribution in [0.1, 0.15) is 49.7 Å². The largest absolute Gasteiger partial charge is 0.508 e. The van der Waals surface area contributed by atoms with Crippen molar-refractivity contribution in [1.82, 2.24) is 9.80 Å². The van der Waals surface area contributed by atoms with E-state index >= 15 is 0 Å². The lowest BCUT2D eigenvalue weighted by molar-refractivity contribution is 0.183. The van der Waals surface area contributed by atoms with Gasteiger partial charge in [0.2, 0.25) is 0 Å². The van der Waals surface area contributed by atoms with E-state index in [2.05, 4.69) is 9.80 Å². The molecule has 0 aliphatic carbocycles. The highest BCUT2D eigenvalue weighted by atomic mass is 35.5. The van der Waals surface area contributed by atoms with Crippen molar-refractivity contribution in [2.24, 2.45) is 0 Å². The summed E-state index contributed by atoms with van der Waals surface area (Å²) in [5.41, 5.74) is 1.74. The zero-order chi connectivity index (χ0) is 25.1. The summed E-state index contributed by atoms with van der Waals surface area (Å²) in [6.45, 7) is 7.94. The molecule has 2 heterocycles. The molecule has 0 spiro atoms. The van der Waals surface area contributed by atoms with E-state index in [4.69, 9.17) is 31.7 Å². The van der Waals surface area contributed by atoms with Gasteiger partial charge in [0.05, 0.1) is 13.2 Å². The summed E-state index contributed by atoms with van der Waals surface area (Å²) < 4.78 is 5.68. The molecule has 2 aromatic rings. The van der Waals surface area contributed by atoms with Crippen LogP contribution in [0.15, 0.2) is 48.5 Å². The van der Waals surface area contributed by atoms with Crippen LogP contribution >= 0.6 is 11.6 Å². The second-order valence-corrected chi connectivity index (χ2v) is 9.35. The quantitative estimate of drug-likeness (QED) is 0.453. The van der Waals surface area contributed by atoms with Crippen LogP contribution in [0.4, 0.5) is 0 Å². The summed E-state index contributed by atoms with van der Waals surface area (Å²) in [7, 11) is 0. The number of ether oxygens (including phenoxy) is 1. The zero-order valence-corrected chi connectivity index (χ0v) is 21.7. The summed E-state index contributed by atoms with van der Waals surface area (Å²) in [5.74, 6) is 1.91. The molecule has 7 heteroatoms. The molecule has 0 bridgehead atoms. The van der Waals surface area contributed by atoms with Crippen molar-refractivity contribution in [3.63, 3.8) is 0 Å². The van der Waals surface area contributed by atoms with Gasteiger partial charge in [0.25, 0.3) is 0 Å². The fourth-order valence-corrected chi connectivity index (χ4v) is 4.31. The molecule has 196 valence electrons. The number of nitrogens with zero attached hydrogens (tertiary/aromatic N) is 2. The van der Waals surface area contributed by atoms with E-state index in [9.17, 15) is 0 Å². The van der Waals surface area contributed by atoms with Gasteiger partial charge in [0, 0.05) is 19.0 Å². The van der Waals surface area contributed by atoms with E-state index in [-0.39, 0.29) is 19.0 Å². The standard InChI is InChI=1S/C14H21NO2.C7H14ClN.C7H8O2/c16-12-13-4-6-14(7-5-13)17-11-10-15-8-2-1-3-9-15;8-4-7-9-5-2-1-3-6-9;8-5-6-1-3-7(9)4-2-6/h4-7,16H,1-3,8-12H2;1-7H2;1-4,8-9H,5H2. The van der Waals surface area contributed by atoms with Gasteiger partial charge < -0.3 is 25.0 Å². The van der Waals surface area contributed by atoms with Crippen LogP contribution in [0.2, 0.25) is 0 Å². The minimum absolute atomic E-state index is 0.0281. The minimum Gasteiger partial charge on any atom is -0.508 e. The van der Waals surface area contributed by atoms with Crippen molar-refractivity contribution in [3.05, 3.63) is 59.7 Å². The van der Waals surface area contributed by atoms with Crippen LogP contribution < -0.4 is 4.74 Å². The number of aromatic hydroxyl groups is 1. The third-order valence-corrected chi connectivity index (χ3v) is 6.37. The highest BCUT2D eigenvalue weighted by Gasteiger charge is 2.09. The first-order valence-corrected chi connectivity index (χ1v) is 13.4. The van der Waals surface area contributed by atoms with Crippen LogP contribution in [0.5, 0.6) is 11.5 Å². The second-order valence-electron chi connectivity index (χ2n) is 8.97. The van der Waals surface area contributed by atoms with Gasteiger partial charge >= 0.3 is 0 Å². The predicted octanol–water partition coefficient (Wildman–Crippen LogP) is 4.64. The fraction of sp³-hybridized carbons (Fsp3) is 0.571. The van der Waals surface area contributed by atoms with Gasteiger partial charge in [0.1, 0.15) is 18.1 Å². The number of alkyl halides is 1. The third-order valence-electron chi connectivity index (χ3n) is 6.20. The smallest absolute Gasteiger partial charge is 0.119 e. The Morgan fingerprint density at radius 2 is 1.11 bits per heavy atom. The van der Waals surface area contributed by atoms with Crippen molar-refractivity contribution < 1.29 is 20.1 Å². The average molecular weight is 507 g/mol. The number of phenols is 1. The molecular formula is C28H43ClN2O4. The number of aliphatic hydroxyl groups excluding tert-OH is 2. The number of likely N-dealkylation sites (tertiary alicyclic amines) is 2. The number of piperidine rings is 2. The van der Waals surface area contributed by atoms with Gasteiger partial charge in [-0.1, -0.05) is 37.1 Å². The van der Waals surface area contributed by atoms with Gasteiger partial charge in [-0.2, -0.15) is 0 Å². The van der Waals surface area contributed by atoms with Crippen molar-refractivity contribution in [1.29, 1.82) is 0 Å². The predicted molar refractivity (Wildman–Crippen MR) is 143 cm³/mol. The molecule has 3 N–H and O–H groups in total. The molecule has 6 nitrogen and oxygen atoms in total. The molecule has 2 saturated heterocycles. The highest BCUT2D eigenvalue weighted by Crippen LogP contribution is 2.13. The molecule has 0 aromatic heterocycles. The Morgan fingerprint density at radius 3 is 1.57 bits per heavy atom. The number of rotatable bonds is 8. The molecule has 2 aromatic carbocycles. The van der Waals surface area contributed by atoms with Gasteiger partial charge in [-0.25, -0.2) is 0 Å². The molecule has 35 heavy (non-hydrogen) atoms. The Kier molecular flexibility index (Phi) is 15.5. The van der Waals surface area contributed by atoms with Crippen molar-refractivity contribution in [3.8, 4) is 11.5 Å². The number of hydrogen-bond acceptors (Lipinski definition) is 6. The number of aliphatic hydroxyl groups is 2. The molecule has 2 aliphatic rings. The monoisotopic (exact) mass is 506 g/mol. The van der Waals surface area contributed by atoms with E-state index in [0.29, 0.717) is 0 Å². The zero-order valence-electron chi connectivity index (χ0n) is 21.0. The van der Waals surface area contributed by atoms with E-state index in [1.807, 2.05) is 24.3 Å². The summed E-state index contributed by atoms with van der Waals surface area (Å²) in [6.07, 6.45) is 8.18. The van der Waals surface area contributed by atoms with Crippen LogP contribution in [-0.2, 0) is 13.2 Å². The molecule has 2 aliphatic heterocycles. The maximum atomic E-state index is 8.93. The van der Waals surface area contributed by atoms with Crippen molar-refractivity contribution >= 4 is 11.6 Å². The Labute approximate surface area is 216 Å². The molecule has 0 unspecified atom stereocenters.